The number of piperazine rings is 1. The Kier molecular flexibility index (Phi) is 25.1. The minimum atomic E-state index is -2.16. The van der Waals surface area contributed by atoms with E-state index in [0.717, 1.165) is 10.5 Å². The third kappa shape index (κ3) is 17.5. The maximum atomic E-state index is 15.2. The van der Waals surface area contributed by atoms with E-state index in [1.807, 2.05) is 17.0 Å². The number of urea groups is 1. The van der Waals surface area contributed by atoms with Crippen LogP contribution in [0.1, 0.15) is 122 Å². The number of hydrogen-bond acceptors (Lipinski definition) is 22. The number of aliphatic hydroxyl groups excluding tert-OH is 2. The quantitative estimate of drug-likeness (QED) is 0.0124. The van der Waals surface area contributed by atoms with Gasteiger partial charge in [0.1, 0.15) is 52.3 Å². The number of ketones is 1. The zero-order valence-electron chi connectivity index (χ0n) is 60.3. The van der Waals surface area contributed by atoms with Crippen LogP contribution in [-0.2, 0) is 54.3 Å². The number of phenols is 2. The standard InChI is InChI=1S/C75H94N10O19/c1-38(2)59(80-53(88)20-13-12-14-29-85-54(89)25-26-55(85)90)73(98)79-49(19-16-28-77-74(76)99)72(97)78-47-23-21-46(22-24-47)37-83-30-32-84(33-31-83)48-35-50(87)60-52(36-48)103-69-61(81-60)56-57-65(93)44(8)68-58(56)70(95)75(10,104-68)101-34-27-51(100-11)41(5)67(102-45(9)86)43(7)64(92)42(6)63(91)39(3)17-15-18-40(4)71(96)82-62(69)66(57)94/h15,17-18,21-27,34-36,38-39,41-43,49,51,59,63-64,67,87,91-93H,12-14,16,19-20,28-33,37H2,1-11H3,(H,78,97)(H,79,98)(H,80,88)(H,82,96)(H3,76,77,99)/b17-15+,34-27+,40-18-/t39-,41+,42+,43+,49-,51-,59?,63-,64+,67+,75-/m0/s1. The number of phenolic OH excluding ortho intramolecular Hbond substituents is 2. The second kappa shape index (κ2) is 33.5. The number of rotatable bonds is 21. The summed E-state index contributed by atoms with van der Waals surface area (Å²) in [6.45, 7) is 18.8. The number of nitrogens with two attached hydrogens (primary N) is 1. The van der Waals surface area contributed by atoms with E-state index in [1.54, 1.807) is 71.9 Å². The summed E-state index contributed by atoms with van der Waals surface area (Å²) in [5.41, 5.74) is 5.28. The molecule has 29 heteroatoms. The lowest BCUT2D eigenvalue weighted by molar-refractivity contribution is -0.160. The highest BCUT2D eigenvalue weighted by molar-refractivity contribution is 6.22. The van der Waals surface area contributed by atoms with E-state index in [2.05, 4.69) is 31.5 Å². The van der Waals surface area contributed by atoms with Gasteiger partial charge in [0.05, 0.1) is 35.5 Å². The average molecular weight is 1440 g/mol. The van der Waals surface area contributed by atoms with E-state index in [1.165, 1.54) is 71.4 Å². The molecule has 1 unspecified atom stereocenters. The lowest BCUT2D eigenvalue weighted by Gasteiger charge is -2.38. The van der Waals surface area contributed by atoms with Crippen molar-refractivity contribution in [2.45, 2.75) is 157 Å². The molecule has 5 heterocycles. The van der Waals surface area contributed by atoms with Gasteiger partial charge in [-0.1, -0.05) is 78.3 Å². The molecule has 0 radical (unpaired) electrons. The molecule has 104 heavy (non-hydrogen) atoms. The Balaban J connectivity index is 0.933. The lowest BCUT2D eigenvalue weighted by Crippen LogP contribution is -2.54. The molecule has 3 aromatic rings. The SMILES string of the molecule is CO[C@H]1/C=C/O[C@@]2(C)Oc3c(C)c(O)c4c(=O)c(c5oc6cc(N7CCN(Cc8ccc(NC(=O)[C@H](CCCNC(N)=O)NC(=O)C(NC(=O)CCCCCN9C(=O)C=CC9=O)C(C)C)cc8)CC7)cc(O)c6nc-5c4c3C2=O)NC(=O)/C(C)=C\C=C\[C@H](C)[C@H](O)[C@@H](C)[C@@H](O)[C@@H](C)[C@H](OC(C)=O)[C@@H]1C. The van der Waals surface area contributed by atoms with Gasteiger partial charge >= 0.3 is 17.8 Å². The first-order valence-corrected chi connectivity index (χ1v) is 35.0. The van der Waals surface area contributed by atoms with Crippen LogP contribution in [0.15, 0.2) is 93.9 Å². The highest BCUT2D eigenvalue weighted by atomic mass is 16.7. The number of aromatic hydroxyl groups is 2. The summed E-state index contributed by atoms with van der Waals surface area (Å²) in [5.74, 6) is -11.1. The topological polar surface area (TPSA) is 410 Å². The number of esters is 1. The predicted molar refractivity (Wildman–Crippen MR) is 385 cm³/mol. The predicted octanol–water partition coefficient (Wildman–Crippen LogP) is 6.47. The number of amides is 8. The van der Waals surface area contributed by atoms with Crippen molar-refractivity contribution in [2.24, 2.45) is 35.3 Å². The Labute approximate surface area is 601 Å². The summed E-state index contributed by atoms with van der Waals surface area (Å²) in [4.78, 5) is 143. The van der Waals surface area contributed by atoms with Crippen molar-refractivity contribution in [1.29, 1.82) is 0 Å². The van der Waals surface area contributed by atoms with Gasteiger partial charge in [-0.15, -0.1) is 0 Å². The van der Waals surface area contributed by atoms with Gasteiger partial charge < -0.3 is 81.0 Å². The number of imide groups is 1. The zero-order chi connectivity index (χ0) is 75.8. The molecule has 558 valence electrons. The molecule has 5 aliphatic heterocycles. The Morgan fingerprint density at radius 1 is 0.846 bits per heavy atom. The van der Waals surface area contributed by atoms with Crippen molar-refractivity contribution in [3.8, 4) is 28.7 Å². The number of anilines is 3. The molecule has 6 aliphatic rings. The summed E-state index contributed by atoms with van der Waals surface area (Å²) in [6.07, 6.45) is 7.57. The van der Waals surface area contributed by atoms with E-state index >= 15 is 9.59 Å². The van der Waals surface area contributed by atoms with Gasteiger partial charge in [-0.05, 0) is 69.2 Å². The van der Waals surface area contributed by atoms with Gasteiger partial charge in [0.15, 0.2) is 11.3 Å². The minimum Gasteiger partial charge on any atom is -0.507 e. The molecule has 1 saturated heterocycles. The summed E-state index contributed by atoms with van der Waals surface area (Å²) >= 11 is 0. The fourth-order valence-electron chi connectivity index (χ4n) is 13.6. The number of fused-ring (bicyclic) bond motifs is 2. The second-order valence-corrected chi connectivity index (χ2v) is 27.7. The number of allylic oxidation sites excluding steroid dienone is 2. The van der Waals surface area contributed by atoms with Crippen LogP contribution >= 0.6 is 0 Å². The molecule has 4 bridgehead atoms. The number of nitrogens with one attached hydrogen (secondary N) is 5. The number of nitrogens with zero attached hydrogens (tertiary/aromatic N) is 4. The minimum absolute atomic E-state index is 0.0161. The summed E-state index contributed by atoms with van der Waals surface area (Å²) in [7, 11) is 1.42. The molecular formula is C75H94N10O19. The van der Waals surface area contributed by atoms with Crippen molar-refractivity contribution in [3.63, 3.8) is 0 Å². The number of unbranched alkanes of at least 4 members (excludes halogenated alkanes) is 2. The molecule has 8 amide bonds. The summed E-state index contributed by atoms with van der Waals surface area (Å²) in [6, 6.07) is 7.52. The number of hydrogen-bond donors (Lipinski definition) is 10. The Morgan fingerprint density at radius 2 is 1.54 bits per heavy atom. The number of primary amides is 1. The fraction of sp³-hybridized carbons (Fsp3) is 0.480. The third-order valence-electron chi connectivity index (χ3n) is 19.8. The second-order valence-electron chi connectivity index (χ2n) is 27.7. The molecule has 11 atom stereocenters. The number of carbonyl (C=O) groups excluding carboxylic acids is 9. The van der Waals surface area contributed by atoms with Gasteiger partial charge in [0.25, 0.3) is 23.5 Å². The van der Waals surface area contributed by atoms with Gasteiger partial charge in [-0.2, -0.15) is 0 Å². The molecule has 1 aliphatic carbocycles. The Morgan fingerprint density at radius 3 is 2.19 bits per heavy atom. The van der Waals surface area contributed by atoms with E-state index in [9.17, 15) is 58.8 Å². The smallest absolute Gasteiger partial charge is 0.312 e. The first-order chi connectivity index (χ1) is 49.3. The number of ether oxygens (including phenoxy) is 4. The molecule has 0 spiro atoms. The number of aliphatic hydroxyl groups is 2. The van der Waals surface area contributed by atoms with E-state index in [4.69, 9.17) is 34.1 Å². The molecular weight excluding hydrogens is 1340 g/mol. The van der Waals surface area contributed by atoms with Gasteiger partial charge in [0.2, 0.25) is 23.2 Å². The average Bonchev–Trinajstić information content (AvgIpc) is 1.39. The summed E-state index contributed by atoms with van der Waals surface area (Å²) in [5, 5.41) is 60.3. The number of methoxy groups -OCH3 is 1. The van der Waals surface area contributed by atoms with Crippen LogP contribution in [0.2, 0.25) is 0 Å². The third-order valence-corrected chi connectivity index (χ3v) is 19.8. The normalized spacial score (nSPS) is 24.4. The van der Waals surface area contributed by atoms with Crippen LogP contribution in [0.25, 0.3) is 33.3 Å². The fourth-order valence-corrected chi connectivity index (χ4v) is 13.6. The number of aromatic nitrogens is 1. The molecule has 0 aromatic heterocycles. The van der Waals surface area contributed by atoms with Crippen molar-refractivity contribution < 1.29 is 86.9 Å². The van der Waals surface area contributed by atoms with E-state index in [0.29, 0.717) is 63.4 Å². The summed E-state index contributed by atoms with van der Waals surface area (Å²) < 4.78 is 30.7. The molecule has 9 rings (SSSR count). The number of benzene rings is 4. The molecule has 11 N–H and O–H groups in total. The molecule has 1 fully saturated rings. The van der Waals surface area contributed by atoms with Crippen LogP contribution in [0.3, 0.4) is 0 Å². The van der Waals surface area contributed by atoms with Crippen molar-refractivity contribution in [2.75, 3.05) is 61.9 Å². The Bertz CT molecular complexity index is 4250. The molecule has 0 saturated carbocycles. The van der Waals surface area contributed by atoms with Crippen molar-refractivity contribution in [3.05, 3.63) is 112 Å². The maximum Gasteiger partial charge on any atom is 0.312 e. The highest BCUT2D eigenvalue weighted by Crippen LogP contribution is 2.51. The maximum absolute atomic E-state index is 15.2. The molecule has 29 nitrogen and oxygen atoms in total. The van der Waals surface area contributed by atoms with Crippen LogP contribution in [0.5, 0.6) is 17.2 Å². The highest BCUT2D eigenvalue weighted by Gasteiger charge is 2.50. The van der Waals surface area contributed by atoms with Gasteiger partial charge in [-0.25, -0.2) is 9.78 Å². The largest absolute Gasteiger partial charge is 0.507 e. The number of carbonyl (C=O) groups is 9. The zero-order valence-corrected chi connectivity index (χ0v) is 60.3. The van der Waals surface area contributed by atoms with Crippen molar-refractivity contribution >= 4 is 92.2 Å². The Hall–Kier alpha value is -10.2. The monoisotopic (exact) mass is 1440 g/mol. The first-order valence-electron chi connectivity index (χ1n) is 35.0. The van der Waals surface area contributed by atoms with Gasteiger partial charge in [-0.3, -0.25) is 53.0 Å². The van der Waals surface area contributed by atoms with Crippen LogP contribution in [0, 0.1) is 36.5 Å². The van der Waals surface area contributed by atoms with E-state index < -0.39 is 124 Å². The number of Topliss-reactive ketones (excluding diaryl/α,β-unsaturated/α-hetero) is 1. The molecule has 3 aromatic carbocycles. The van der Waals surface area contributed by atoms with E-state index in [-0.39, 0.29) is 112 Å². The van der Waals surface area contributed by atoms with Crippen molar-refractivity contribution in [1.82, 2.24) is 30.7 Å². The van der Waals surface area contributed by atoms with Gasteiger partial charge in [0, 0.05) is 149 Å². The van der Waals surface area contributed by atoms with Crippen LogP contribution in [0.4, 0.5) is 21.9 Å². The first kappa shape index (κ1) is 77.9. The van der Waals surface area contributed by atoms with Crippen LogP contribution < -0.4 is 47.4 Å². The lowest BCUT2D eigenvalue weighted by atomic mass is 9.78. The van der Waals surface area contributed by atoms with Crippen LogP contribution in [-0.4, -0.2) is 177 Å².